The molecule has 3 aliphatic heterocycles. The molecule has 3 aliphatic rings. The second-order valence-corrected chi connectivity index (χ2v) is 9.35. The molecule has 2 aromatic rings. The highest BCUT2D eigenvalue weighted by atomic mass is 19.1. The van der Waals surface area contributed by atoms with Crippen molar-refractivity contribution < 1.29 is 9.18 Å². The number of piperidine rings is 1. The molecular formula is C23H32FN7O. The van der Waals surface area contributed by atoms with Crippen molar-refractivity contribution in [3.63, 3.8) is 0 Å². The van der Waals surface area contributed by atoms with Crippen molar-refractivity contribution in [3.8, 4) is 0 Å². The summed E-state index contributed by atoms with van der Waals surface area (Å²) in [5, 5.41) is 5.15. The van der Waals surface area contributed by atoms with Gasteiger partial charge >= 0.3 is 0 Å². The summed E-state index contributed by atoms with van der Waals surface area (Å²) in [4.78, 5) is 20.6. The zero-order valence-corrected chi connectivity index (χ0v) is 19.1. The maximum absolute atomic E-state index is 14.5. The number of hydrogen-bond acceptors (Lipinski definition) is 6. The number of nitrogen functional groups attached to an aromatic ring is 1. The van der Waals surface area contributed by atoms with Crippen LogP contribution < -0.4 is 15.5 Å². The Hall–Kier alpha value is -2.81. The van der Waals surface area contributed by atoms with E-state index >= 15 is 0 Å². The van der Waals surface area contributed by atoms with Gasteiger partial charge in [-0.1, -0.05) is 0 Å². The molecule has 4 heterocycles. The lowest BCUT2D eigenvalue weighted by atomic mass is 10.0. The predicted octanol–water partition coefficient (Wildman–Crippen LogP) is 2.36. The number of nitrogens with two attached hydrogens (primary N) is 1. The van der Waals surface area contributed by atoms with Gasteiger partial charge in [0.15, 0.2) is 5.82 Å². The number of fused-ring (bicyclic) bond motifs is 2. The van der Waals surface area contributed by atoms with E-state index < -0.39 is 5.82 Å². The minimum atomic E-state index is -0.418. The standard InChI is InChI=1S/C23H32FN7O/c1-15(32)29-9-6-20-17(14-29)23(26-31(20)16-4-7-27(2)8-5-16)30-11-10-28(3)21-13-19(25)18(24)12-22(21)30/h12-13,16H,4-11,14,25H2,1-3H3. The van der Waals surface area contributed by atoms with Gasteiger partial charge in [0.25, 0.3) is 0 Å². The van der Waals surface area contributed by atoms with Gasteiger partial charge in [0.2, 0.25) is 5.91 Å². The van der Waals surface area contributed by atoms with Crippen LogP contribution in [0.2, 0.25) is 0 Å². The Morgan fingerprint density at radius 3 is 2.56 bits per heavy atom. The van der Waals surface area contributed by atoms with Crippen molar-refractivity contribution in [2.24, 2.45) is 0 Å². The molecule has 9 heteroatoms. The maximum Gasteiger partial charge on any atom is 0.219 e. The molecule has 0 radical (unpaired) electrons. The van der Waals surface area contributed by atoms with E-state index in [-0.39, 0.29) is 11.6 Å². The van der Waals surface area contributed by atoms with Crippen molar-refractivity contribution in [2.75, 3.05) is 62.4 Å². The molecule has 8 nitrogen and oxygen atoms in total. The fraction of sp³-hybridized carbons (Fsp3) is 0.565. The molecule has 32 heavy (non-hydrogen) atoms. The number of amides is 1. The van der Waals surface area contributed by atoms with Crippen LogP contribution in [-0.2, 0) is 17.8 Å². The predicted molar refractivity (Wildman–Crippen MR) is 124 cm³/mol. The van der Waals surface area contributed by atoms with Crippen LogP contribution in [0, 0.1) is 5.82 Å². The van der Waals surface area contributed by atoms with Crippen LogP contribution >= 0.6 is 0 Å². The van der Waals surface area contributed by atoms with Gasteiger partial charge in [-0.3, -0.25) is 9.48 Å². The molecule has 1 aromatic carbocycles. The van der Waals surface area contributed by atoms with Gasteiger partial charge in [-0.2, -0.15) is 5.10 Å². The van der Waals surface area contributed by atoms with E-state index in [0.29, 0.717) is 25.7 Å². The summed E-state index contributed by atoms with van der Waals surface area (Å²) in [5.41, 5.74) is 10.0. The van der Waals surface area contributed by atoms with Crippen LogP contribution in [0.1, 0.15) is 37.1 Å². The van der Waals surface area contributed by atoms with E-state index in [2.05, 4.69) is 26.4 Å². The highest BCUT2D eigenvalue weighted by Crippen LogP contribution is 2.42. The number of nitrogens with zero attached hydrogens (tertiary/aromatic N) is 6. The number of hydrogen-bond donors (Lipinski definition) is 1. The Labute approximate surface area is 188 Å². The lowest BCUT2D eigenvalue weighted by Crippen LogP contribution is -2.38. The molecule has 172 valence electrons. The zero-order valence-electron chi connectivity index (χ0n) is 19.1. The van der Waals surface area contributed by atoms with Gasteiger partial charge in [-0.15, -0.1) is 0 Å². The summed E-state index contributed by atoms with van der Waals surface area (Å²) < 4.78 is 16.7. The van der Waals surface area contributed by atoms with Crippen LogP contribution in [0.5, 0.6) is 0 Å². The molecular weight excluding hydrogens is 409 g/mol. The van der Waals surface area contributed by atoms with Crippen molar-refractivity contribution in [2.45, 2.75) is 38.8 Å². The topological polar surface area (TPSA) is 73.9 Å². The molecule has 1 amide bonds. The van der Waals surface area contributed by atoms with Gasteiger partial charge in [-0.25, -0.2) is 4.39 Å². The summed E-state index contributed by atoms with van der Waals surface area (Å²) in [6, 6.07) is 3.58. The molecule has 0 bridgehead atoms. The Bertz CT molecular complexity index is 1040. The first-order chi connectivity index (χ1) is 15.3. The van der Waals surface area contributed by atoms with Crippen LogP contribution in [0.15, 0.2) is 12.1 Å². The number of rotatable bonds is 2. The number of likely N-dealkylation sites (tertiary alicyclic amines) is 1. The van der Waals surface area contributed by atoms with Gasteiger partial charge in [-0.05, 0) is 39.0 Å². The molecule has 1 aromatic heterocycles. The van der Waals surface area contributed by atoms with Gasteiger partial charge in [0.1, 0.15) is 5.82 Å². The average Bonchev–Trinajstić information content (AvgIpc) is 3.14. The molecule has 0 atom stereocenters. The molecule has 0 aliphatic carbocycles. The van der Waals surface area contributed by atoms with E-state index in [1.807, 2.05) is 11.9 Å². The fourth-order valence-electron chi connectivity index (χ4n) is 5.26. The number of anilines is 4. The molecule has 0 unspecified atom stereocenters. The van der Waals surface area contributed by atoms with E-state index in [4.69, 9.17) is 10.8 Å². The Morgan fingerprint density at radius 2 is 1.84 bits per heavy atom. The number of likely N-dealkylation sites (N-methyl/N-ethyl adjacent to an activating group) is 1. The van der Waals surface area contributed by atoms with Gasteiger partial charge in [0, 0.05) is 57.4 Å². The van der Waals surface area contributed by atoms with Crippen molar-refractivity contribution in [1.29, 1.82) is 0 Å². The van der Waals surface area contributed by atoms with Crippen molar-refractivity contribution in [3.05, 3.63) is 29.2 Å². The normalized spacial score (nSPS) is 19.8. The largest absolute Gasteiger partial charge is 0.396 e. The summed E-state index contributed by atoms with van der Waals surface area (Å²) in [6.45, 7) is 6.46. The Morgan fingerprint density at radius 1 is 1.09 bits per heavy atom. The quantitative estimate of drug-likeness (QED) is 0.722. The number of carbonyl (C=O) groups excluding carboxylic acids is 1. The minimum Gasteiger partial charge on any atom is -0.396 e. The SMILES string of the molecule is CC(=O)N1CCc2c(c(N3CCN(C)c4cc(N)c(F)cc43)nn2C2CCN(C)CC2)C1. The second-order valence-electron chi connectivity index (χ2n) is 9.35. The van der Waals surface area contributed by atoms with Crippen molar-refractivity contribution >= 4 is 28.8 Å². The zero-order chi connectivity index (χ0) is 22.6. The Kier molecular flexibility index (Phi) is 5.23. The molecule has 1 fully saturated rings. The molecule has 2 N–H and O–H groups in total. The lowest BCUT2D eigenvalue weighted by Gasteiger charge is -2.37. The third-order valence-corrected chi connectivity index (χ3v) is 7.25. The molecule has 0 saturated carbocycles. The van der Waals surface area contributed by atoms with Crippen molar-refractivity contribution in [1.82, 2.24) is 19.6 Å². The monoisotopic (exact) mass is 441 g/mol. The number of aromatic nitrogens is 2. The summed E-state index contributed by atoms with van der Waals surface area (Å²) in [6.07, 6.45) is 2.92. The fourth-order valence-corrected chi connectivity index (χ4v) is 5.26. The minimum absolute atomic E-state index is 0.0752. The summed E-state index contributed by atoms with van der Waals surface area (Å²) >= 11 is 0. The van der Waals surface area contributed by atoms with E-state index in [1.54, 1.807) is 13.0 Å². The van der Waals surface area contributed by atoms with Crippen LogP contribution in [0.3, 0.4) is 0 Å². The van der Waals surface area contributed by atoms with E-state index in [9.17, 15) is 9.18 Å². The average molecular weight is 442 g/mol. The molecule has 0 spiro atoms. The number of halogens is 1. The van der Waals surface area contributed by atoms with Gasteiger partial charge < -0.3 is 25.3 Å². The first-order valence-corrected chi connectivity index (χ1v) is 11.5. The first kappa shape index (κ1) is 21.1. The maximum atomic E-state index is 14.5. The van der Waals surface area contributed by atoms with Crippen LogP contribution in [0.25, 0.3) is 0 Å². The van der Waals surface area contributed by atoms with E-state index in [1.165, 1.54) is 11.8 Å². The summed E-state index contributed by atoms with van der Waals surface area (Å²) in [5.74, 6) is 0.507. The molecule has 1 saturated heterocycles. The number of carbonyl (C=O) groups is 1. The Balaban J connectivity index is 1.61. The van der Waals surface area contributed by atoms with E-state index in [0.717, 1.165) is 61.7 Å². The summed E-state index contributed by atoms with van der Waals surface area (Å²) in [7, 11) is 4.16. The number of benzene rings is 1. The third-order valence-electron chi connectivity index (χ3n) is 7.25. The first-order valence-electron chi connectivity index (χ1n) is 11.5. The van der Waals surface area contributed by atoms with Crippen LogP contribution in [0.4, 0.5) is 27.3 Å². The third kappa shape index (κ3) is 3.48. The lowest BCUT2D eigenvalue weighted by molar-refractivity contribution is -0.129. The highest BCUT2D eigenvalue weighted by Gasteiger charge is 2.34. The van der Waals surface area contributed by atoms with Gasteiger partial charge in [0.05, 0.1) is 29.6 Å². The highest BCUT2D eigenvalue weighted by molar-refractivity contribution is 5.82. The van der Waals surface area contributed by atoms with Crippen LogP contribution in [-0.4, -0.2) is 72.3 Å². The smallest absolute Gasteiger partial charge is 0.219 e. The molecule has 5 rings (SSSR count). The second kappa shape index (κ2) is 7.95.